The molecule has 0 aliphatic rings. The van der Waals surface area contributed by atoms with Gasteiger partial charge in [0.2, 0.25) is 0 Å². The Morgan fingerprint density at radius 3 is 2.74 bits per heavy atom. The van der Waals surface area contributed by atoms with E-state index in [4.69, 9.17) is 5.11 Å². The topological polar surface area (TPSA) is 40.5 Å². The van der Waals surface area contributed by atoms with E-state index in [0.29, 0.717) is 25.1 Å². The normalized spacial score (nSPS) is 11.3. The first-order valence-electron chi connectivity index (χ1n) is 6.30. The number of carboxylic acid groups (broad SMARTS) is 1. The zero-order chi connectivity index (χ0) is 14.4. The number of carboxylic acids is 1. The third-order valence-electron chi connectivity index (χ3n) is 2.95. The predicted molar refractivity (Wildman–Crippen MR) is 76.5 cm³/mol. The van der Waals surface area contributed by atoms with E-state index >= 15 is 0 Å². The lowest BCUT2D eigenvalue weighted by Gasteiger charge is -2.26. The smallest absolute Gasteiger partial charge is 0.303 e. The van der Waals surface area contributed by atoms with E-state index in [2.05, 4.69) is 20.8 Å². The molecule has 0 aliphatic carbocycles. The van der Waals surface area contributed by atoms with Gasteiger partial charge in [0.1, 0.15) is 5.82 Å². The maximum absolute atomic E-state index is 13.7. The summed E-state index contributed by atoms with van der Waals surface area (Å²) in [5, 5.41) is 8.65. The Balaban J connectivity index is 2.67. The van der Waals surface area contributed by atoms with Crippen molar-refractivity contribution in [1.82, 2.24) is 4.90 Å². The van der Waals surface area contributed by atoms with E-state index in [0.717, 1.165) is 4.47 Å². The van der Waals surface area contributed by atoms with Crippen molar-refractivity contribution >= 4 is 21.9 Å². The number of aliphatic carboxylic acids is 1. The third-order valence-corrected chi connectivity index (χ3v) is 3.44. The molecule has 0 atom stereocenters. The van der Waals surface area contributed by atoms with Crippen LogP contribution in [-0.4, -0.2) is 28.6 Å². The van der Waals surface area contributed by atoms with Crippen LogP contribution in [0, 0.1) is 5.82 Å². The first kappa shape index (κ1) is 16.1. The Morgan fingerprint density at radius 1 is 1.47 bits per heavy atom. The first-order valence-corrected chi connectivity index (χ1v) is 7.09. The fraction of sp³-hybridized carbons (Fsp3) is 0.500. The molecule has 0 saturated heterocycles. The number of benzene rings is 1. The van der Waals surface area contributed by atoms with Crippen molar-refractivity contribution in [2.45, 2.75) is 39.3 Å². The molecule has 0 heterocycles. The van der Waals surface area contributed by atoms with Gasteiger partial charge < -0.3 is 5.11 Å². The summed E-state index contributed by atoms with van der Waals surface area (Å²) < 4.78 is 14.5. The van der Waals surface area contributed by atoms with Crippen molar-refractivity contribution in [2.75, 3.05) is 6.54 Å². The summed E-state index contributed by atoms with van der Waals surface area (Å²) in [6, 6.07) is 5.12. The second kappa shape index (κ2) is 7.60. The van der Waals surface area contributed by atoms with Gasteiger partial charge in [0.25, 0.3) is 0 Å². The number of nitrogens with zero attached hydrogens (tertiary/aromatic N) is 1. The number of carbonyl (C=O) groups is 1. The number of rotatable bonds is 7. The van der Waals surface area contributed by atoms with Gasteiger partial charge in [-0.25, -0.2) is 4.39 Å². The van der Waals surface area contributed by atoms with E-state index in [-0.39, 0.29) is 18.3 Å². The monoisotopic (exact) mass is 331 g/mol. The lowest BCUT2D eigenvalue weighted by Crippen LogP contribution is -2.32. The Kier molecular flexibility index (Phi) is 6.45. The van der Waals surface area contributed by atoms with Crippen molar-refractivity contribution in [3.8, 4) is 0 Å². The lowest BCUT2D eigenvalue weighted by molar-refractivity contribution is -0.137. The molecule has 0 bridgehead atoms. The Labute approximate surface area is 121 Å². The van der Waals surface area contributed by atoms with E-state index in [9.17, 15) is 9.18 Å². The van der Waals surface area contributed by atoms with Gasteiger partial charge in [-0.2, -0.15) is 0 Å². The first-order chi connectivity index (χ1) is 8.90. The third kappa shape index (κ3) is 5.70. The van der Waals surface area contributed by atoms with E-state index in [1.165, 1.54) is 6.07 Å². The van der Waals surface area contributed by atoms with Crippen molar-refractivity contribution in [3.63, 3.8) is 0 Å². The molecule has 0 aromatic heterocycles. The van der Waals surface area contributed by atoms with Gasteiger partial charge >= 0.3 is 5.97 Å². The summed E-state index contributed by atoms with van der Waals surface area (Å²) >= 11 is 3.33. The molecule has 0 amide bonds. The number of halogens is 2. The van der Waals surface area contributed by atoms with Gasteiger partial charge in [0, 0.05) is 29.0 Å². The molecule has 1 rings (SSSR count). The Morgan fingerprint density at radius 2 is 2.16 bits per heavy atom. The molecule has 0 fully saturated rings. The van der Waals surface area contributed by atoms with Crippen LogP contribution < -0.4 is 0 Å². The largest absolute Gasteiger partial charge is 0.481 e. The molecule has 5 heteroatoms. The van der Waals surface area contributed by atoms with Crippen LogP contribution in [0.15, 0.2) is 22.7 Å². The Bertz CT molecular complexity index is 437. The molecule has 0 aliphatic heterocycles. The molecular formula is C14H19BrFNO2. The summed E-state index contributed by atoms with van der Waals surface area (Å²) in [5.74, 6) is -1.02. The van der Waals surface area contributed by atoms with Crippen LogP contribution in [0.1, 0.15) is 32.3 Å². The van der Waals surface area contributed by atoms with E-state index in [1.54, 1.807) is 12.1 Å². The molecule has 0 radical (unpaired) electrons. The van der Waals surface area contributed by atoms with Crippen molar-refractivity contribution in [2.24, 2.45) is 0 Å². The van der Waals surface area contributed by atoms with Gasteiger partial charge in [0.15, 0.2) is 0 Å². The molecule has 1 N–H and O–H groups in total. The standard InChI is InChI=1S/C14H19BrFNO2/c1-10(2)17(7-3-4-14(18)19)9-11-8-12(15)5-6-13(11)16/h5-6,8,10H,3-4,7,9H2,1-2H3,(H,18,19). The van der Waals surface area contributed by atoms with Gasteiger partial charge in [-0.05, 0) is 45.0 Å². The fourth-order valence-electron chi connectivity index (χ4n) is 1.84. The molecule has 106 valence electrons. The summed E-state index contributed by atoms with van der Waals surface area (Å²) in [4.78, 5) is 12.6. The van der Waals surface area contributed by atoms with Crippen molar-refractivity contribution in [1.29, 1.82) is 0 Å². The quantitative estimate of drug-likeness (QED) is 0.828. The predicted octanol–water partition coefficient (Wildman–Crippen LogP) is 3.66. The van der Waals surface area contributed by atoms with Crippen molar-refractivity contribution < 1.29 is 14.3 Å². The van der Waals surface area contributed by atoms with Gasteiger partial charge in [0.05, 0.1) is 0 Å². The number of hydrogen-bond donors (Lipinski definition) is 1. The molecule has 1 aromatic rings. The molecule has 0 saturated carbocycles. The van der Waals surface area contributed by atoms with E-state index < -0.39 is 5.97 Å². The van der Waals surface area contributed by atoms with Crippen LogP contribution in [0.4, 0.5) is 4.39 Å². The average molecular weight is 332 g/mol. The summed E-state index contributed by atoms with van der Waals surface area (Å²) in [6.45, 7) is 5.19. The zero-order valence-electron chi connectivity index (χ0n) is 11.2. The molecule has 1 aromatic carbocycles. The van der Waals surface area contributed by atoms with Crippen LogP contribution in [-0.2, 0) is 11.3 Å². The highest BCUT2D eigenvalue weighted by molar-refractivity contribution is 9.10. The van der Waals surface area contributed by atoms with Gasteiger partial charge in [-0.15, -0.1) is 0 Å². The SMILES string of the molecule is CC(C)N(CCCC(=O)O)Cc1cc(Br)ccc1F. The minimum Gasteiger partial charge on any atom is -0.481 e. The highest BCUT2D eigenvalue weighted by Crippen LogP contribution is 2.18. The van der Waals surface area contributed by atoms with Gasteiger partial charge in [-0.1, -0.05) is 15.9 Å². The Hall–Kier alpha value is -0.940. The maximum Gasteiger partial charge on any atom is 0.303 e. The molecule has 19 heavy (non-hydrogen) atoms. The van der Waals surface area contributed by atoms with E-state index in [1.807, 2.05) is 13.8 Å². The summed E-state index contributed by atoms with van der Waals surface area (Å²) in [7, 11) is 0. The fourth-order valence-corrected chi connectivity index (χ4v) is 2.24. The summed E-state index contributed by atoms with van der Waals surface area (Å²) in [5.41, 5.74) is 0.624. The van der Waals surface area contributed by atoms with Crippen LogP contribution in [0.25, 0.3) is 0 Å². The minimum absolute atomic E-state index is 0.143. The second-order valence-electron chi connectivity index (χ2n) is 4.80. The van der Waals surface area contributed by atoms with Crippen LogP contribution in [0.3, 0.4) is 0 Å². The molecule has 0 spiro atoms. The van der Waals surface area contributed by atoms with Crippen LogP contribution in [0.5, 0.6) is 0 Å². The maximum atomic E-state index is 13.7. The van der Waals surface area contributed by atoms with Crippen molar-refractivity contribution in [3.05, 3.63) is 34.1 Å². The van der Waals surface area contributed by atoms with Crippen LogP contribution >= 0.6 is 15.9 Å². The summed E-state index contributed by atoms with van der Waals surface area (Å²) in [6.07, 6.45) is 0.716. The molecule has 3 nitrogen and oxygen atoms in total. The van der Waals surface area contributed by atoms with Crippen LogP contribution in [0.2, 0.25) is 0 Å². The second-order valence-corrected chi connectivity index (χ2v) is 5.71. The lowest BCUT2D eigenvalue weighted by atomic mass is 10.1. The average Bonchev–Trinajstić information content (AvgIpc) is 2.31. The highest BCUT2D eigenvalue weighted by atomic mass is 79.9. The number of hydrogen-bond acceptors (Lipinski definition) is 2. The minimum atomic E-state index is -0.794. The molecule has 0 unspecified atom stereocenters. The zero-order valence-corrected chi connectivity index (χ0v) is 12.8. The highest BCUT2D eigenvalue weighted by Gasteiger charge is 2.13. The van der Waals surface area contributed by atoms with Gasteiger partial charge in [-0.3, -0.25) is 9.69 Å². The molecular weight excluding hydrogens is 313 g/mol.